The Labute approximate surface area is 53.7 Å². The van der Waals surface area contributed by atoms with Gasteiger partial charge in [0, 0.05) is 13.5 Å². The lowest BCUT2D eigenvalue weighted by molar-refractivity contribution is -0.246. The van der Waals surface area contributed by atoms with Gasteiger partial charge in [-0.3, -0.25) is 9.69 Å². The molecule has 0 aliphatic heterocycles. The van der Waals surface area contributed by atoms with Crippen molar-refractivity contribution >= 4 is 6.41 Å². The molecule has 0 aliphatic rings. The normalized spacial score (nSPS) is 11.1. The monoisotopic (exact) mass is 133 g/mol. The van der Waals surface area contributed by atoms with Crippen LogP contribution < -0.4 is 0 Å². The van der Waals surface area contributed by atoms with Crippen molar-refractivity contribution in [1.82, 2.24) is 4.90 Å². The zero-order valence-corrected chi connectivity index (χ0v) is 5.53. The Morgan fingerprint density at radius 1 is 1.67 bits per heavy atom. The summed E-state index contributed by atoms with van der Waals surface area (Å²) in [5, 5.41) is 17.7. The molecule has 0 aromatic heterocycles. The Hall–Kier alpha value is -0.610. The molecule has 0 unspecified atom stereocenters. The zero-order chi connectivity index (χ0) is 7.49. The lowest BCUT2D eigenvalue weighted by atomic mass is 10.3. The van der Waals surface area contributed by atoms with Crippen molar-refractivity contribution in [1.29, 1.82) is 0 Å². The van der Waals surface area contributed by atoms with Crippen LogP contribution in [-0.2, 0) is 4.79 Å². The first-order chi connectivity index (χ1) is 4.04. The minimum atomic E-state index is -1.98. The molecule has 2 N–H and O–H groups in total. The SMILES string of the molecule is CCC(O)(O)N(C)C=O. The van der Waals surface area contributed by atoms with Crippen molar-refractivity contribution in [3.8, 4) is 0 Å². The van der Waals surface area contributed by atoms with Crippen LogP contribution >= 0.6 is 0 Å². The quantitative estimate of drug-likeness (QED) is 0.388. The summed E-state index contributed by atoms with van der Waals surface area (Å²) in [6, 6.07) is 0. The molecule has 54 valence electrons. The second-order valence-electron chi connectivity index (χ2n) is 1.84. The number of hydrogen-bond acceptors (Lipinski definition) is 3. The summed E-state index contributed by atoms with van der Waals surface area (Å²) in [7, 11) is 1.30. The zero-order valence-electron chi connectivity index (χ0n) is 5.53. The maximum atomic E-state index is 9.92. The molecule has 0 aliphatic carbocycles. The van der Waals surface area contributed by atoms with Gasteiger partial charge in [0.2, 0.25) is 12.3 Å². The minimum Gasteiger partial charge on any atom is -0.349 e. The molecular formula is C5H11NO3. The van der Waals surface area contributed by atoms with Crippen LogP contribution in [0.25, 0.3) is 0 Å². The largest absolute Gasteiger partial charge is 0.349 e. The van der Waals surface area contributed by atoms with Crippen LogP contribution in [0, 0.1) is 0 Å². The molecule has 0 spiro atoms. The van der Waals surface area contributed by atoms with Gasteiger partial charge in [0.15, 0.2) is 0 Å². The molecule has 0 radical (unpaired) electrons. The molecule has 0 saturated carbocycles. The summed E-state index contributed by atoms with van der Waals surface area (Å²) < 4.78 is 0. The van der Waals surface area contributed by atoms with Gasteiger partial charge in [-0.25, -0.2) is 0 Å². The van der Waals surface area contributed by atoms with Gasteiger partial charge >= 0.3 is 0 Å². The standard InChI is InChI=1S/C5H11NO3/c1-3-5(8,9)6(2)4-7/h4,8-9H,3H2,1-2H3. The van der Waals surface area contributed by atoms with E-state index in [1.165, 1.54) is 7.05 Å². The summed E-state index contributed by atoms with van der Waals surface area (Å²) in [5.41, 5.74) is 0. The molecule has 0 saturated heterocycles. The van der Waals surface area contributed by atoms with Crippen LogP contribution in [0.2, 0.25) is 0 Å². The van der Waals surface area contributed by atoms with Crippen LogP contribution in [0.1, 0.15) is 13.3 Å². The van der Waals surface area contributed by atoms with Crippen LogP contribution in [0.4, 0.5) is 0 Å². The third kappa shape index (κ3) is 1.99. The van der Waals surface area contributed by atoms with Gasteiger partial charge in [-0.15, -0.1) is 0 Å². The van der Waals surface area contributed by atoms with Gasteiger partial charge in [-0.05, 0) is 0 Å². The highest BCUT2D eigenvalue weighted by Gasteiger charge is 2.24. The van der Waals surface area contributed by atoms with Gasteiger partial charge < -0.3 is 10.2 Å². The first kappa shape index (κ1) is 8.39. The van der Waals surface area contributed by atoms with Crippen LogP contribution in [-0.4, -0.2) is 34.5 Å². The first-order valence-electron chi connectivity index (χ1n) is 2.67. The van der Waals surface area contributed by atoms with E-state index in [4.69, 9.17) is 10.2 Å². The van der Waals surface area contributed by atoms with Crippen molar-refractivity contribution in [2.45, 2.75) is 19.3 Å². The van der Waals surface area contributed by atoms with Crippen molar-refractivity contribution in [3.63, 3.8) is 0 Å². The highest BCUT2D eigenvalue weighted by atomic mass is 16.5. The van der Waals surface area contributed by atoms with Crippen molar-refractivity contribution in [2.75, 3.05) is 7.05 Å². The number of rotatable bonds is 3. The Morgan fingerprint density at radius 2 is 2.11 bits per heavy atom. The van der Waals surface area contributed by atoms with E-state index in [2.05, 4.69) is 0 Å². The number of nitrogens with zero attached hydrogens (tertiary/aromatic N) is 1. The molecule has 1 amide bonds. The van der Waals surface area contributed by atoms with Crippen molar-refractivity contribution < 1.29 is 15.0 Å². The van der Waals surface area contributed by atoms with Crippen LogP contribution in [0.3, 0.4) is 0 Å². The first-order valence-corrected chi connectivity index (χ1v) is 2.67. The maximum absolute atomic E-state index is 9.92. The molecule has 0 heterocycles. The highest BCUT2D eigenvalue weighted by Crippen LogP contribution is 2.06. The second-order valence-corrected chi connectivity index (χ2v) is 1.84. The Kier molecular flexibility index (Phi) is 2.61. The average molecular weight is 133 g/mol. The van der Waals surface area contributed by atoms with E-state index in [1.54, 1.807) is 6.92 Å². The van der Waals surface area contributed by atoms with Crippen LogP contribution in [0.15, 0.2) is 0 Å². The third-order valence-electron chi connectivity index (χ3n) is 1.20. The van der Waals surface area contributed by atoms with Gasteiger partial charge in [0.25, 0.3) is 0 Å². The third-order valence-corrected chi connectivity index (χ3v) is 1.20. The fraction of sp³-hybridized carbons (Fsp3) is 0.800. The van der Waals surface area contributed by atoms with Gasteiger partial charge in [0.1, 0.15) is 0 Å². The minimum absolute atomic E-state index is 0.0994. The number of aliphatic hydroxyl groups is 2. The Balaban J connectivity index is 3.95. The summed E-state index contributed by atoms with van der Waals surface area (Å²) >= 11 is 0. The molecule has 0 aromatic rings. The summed E-state index contributed by atoms with van der Waals surface area (Å²) in [4.78, 5) is 10.7. The Morgan fingerprint density at radius 3 is 2.22 bits per heavy atom. The molecule has 0 atom stereocenters. The maximum Gasteiger partial charge on any atom is 0.248 e. The summed E-state index contributed by atoms with van der Waals surface area (Å²) in [6.45, 7) is 1.57. The molecule has 0 rings (SSSR count). The smallest absolute Gasteiger partial charge is 0.248 e. The van der Waals surface area contributed by atoms with E-state index in [0.29, 0.717) is 6.41 Å². The lowest BCUT2D eigenvalue weighted by Gasteiger charge is -2.26. The van der Waals surface area contributed by atoms with Gasteiger partial charge in [0.05, 0.1) is 0 Å². The van der Waals surface area contributed by atoms with E-state index < -0.39 is 5.91 Å². The lowest BCUT2D eigenvalue weighted by Crippen LogP contribution is -2.44. The van der Waals surface area contributed by atoms with E-state index in [9.17, 15) is 4.79 Å². The molecule has 4 heteroatoms. The van der Waals surface area contributed by atoms with Crippen molar-refractivity contribution in [2.24, 2.45) is 0 Å². The molecule has 0 bridgehead atoms. The number of hydrogen-bond donors (Lipinski definition) is 2. The van der Waals surface area contributed by atoms with Gasteiger partial charge in [-0.1, -0.05) is 6.92 Å². The Bertz CT molecular complexity index is 102. The fourth-order valence-corrected chi connectivity index (χ4v) is 0.334. The topological polar surface area (TPSA) is 60.8 Å². The molecule has 4 nitrogen and oxygen atoms in total. The number of carbonyl (C=O) groups excluding carboxylic acids is 1. The number of amides is 1. The molecule has 0 fully saturated rings. The predicted octanol–water partition coefficient (Wildman–Crippen LogP) is -0.877. The van der Waals surface area contributed by atoms with Gasteiger partial charge in [-0.2, -0.15) is 0 Å². The summed E-state index contributed by atoms with van der Waals surface area (Å²) in [6.07, 6.45) is 0.464. The molecular weight excluding hydrogens is 122 g/mol. The average Bonchev–Trinajstić information content (AvgIpc) is 1.86. The van der Waals surface area contributed by atoms with E-state index in [1.807, 2.05) is 0 Å². The highest BCUT2D eigenvalue weighted by molar-refractivity contribution is 5.47. The number of carbonyl (C=O) groups is 1. The summed E-state index contributed by atoms with van der Waals surface area (Å²) in [5.74, 6) is -1.98. The van der Waals surface area contributed by atoms with E-state index in [0.717, 1.165) is 4.90 Å². The van der Waals surface area contributed by atoms with E-state index in [-0.39, 0.29) is 6.42 Å². The van der Waals surface area contributed by atoms with Crippen LogP contribution in [0.5, 0.6) is 0 Å². The molecule has 0 aromatic carbocycles. The van der Waals surface area contributed by atoms with Crippen molar-refractivity contribution in [3.05, 3.63) is 0 Å². The molecule has 9 heavy (non-hydrogen) atoms. The fourth-order valence-electron chi connectivity index (χ4n) is 0.334. The predicted molar refractivity (Wildman–Crippen MR) is 31.3 cm³/mol. The second kappa shape index (κ2) is 2.80. The van der Waals surface area contributed by atoms with E-state index >= 15 is 0 Å².